The molecule has 0 unspecified atom stereocenters. The van der Waals surface area contributed by atoms with Crippen LogP contribution in [0.15, 0.2) is 60.8 Å². The maximum atomic E-state index is 5.46. The van der Waals surface area contributed by atoms with E-state index in [0.717, 1.165) is 22.9 Å². The van der Waals surface area contributed by atoms with E-state index in [0.29, 0.717) is 18.5 Å². The quantitative estimate of drug-likeness (QED) is 0.591. The smallest absolute Gasteiger partial charge is 0.229 e. The fourth-order valence-electron chi connectivity index (χ4n) is 2.67. The largest absolute Gasteiger partial charge is 0.494 e. The number of aromatic nitrogens is 2. The van der Waals surface area contributed by atoms with Crippen molar-refractivity contribution < 1.29 is 4.74 Å². The van der Waals surface area contributed by atoms with E-state index in [1.54, 1.807) is 6.20 Å². The molecule has 5 heteroatoms. The maximum Gasteiger partial charge on any atom is 0.229 e. The van der Waals surface area contributed by atoms with Crippen molar-refractivity contribution in [1.29, 1.82) is 0 Å². The molecule has 2 N–H and O–H groups in total. The lowest BCUT2D eigenvalue weighted by Crippen LogP contribution is -2.03. The molecular formula is C21H24N4O. The van der Waals surface area contributed by atoms with Crippen molar-refractivity contribution >= 4 is 23.1 Å². The Morgan fingerprint density at radius 1 is 0.962 bits per heavy atom. The summed E-state index contributed by atoms with van der Waals surface area (Å²) in [6, 6.07) is 17.9. The zero-order valence-electron chi connectivity index (χ0n) is 15.4. The van der Waals surface area contributed by atoms with Gasteiger partial charge in [-0.25, -0.2) is 4.98 Å². The molecule has 26 heavy (non-hydrogen) atoms. The van der Waals surface area contributed by atoms with Crippen LogP contribution in [0, 0.1) is 0 Å². The van der Waals surface area contributed by atoms with E-state index >= 15 is 0 Å². The maximum absolute atomic E-state index is 5.46. The molecule has 0 aliphatic rings. The molecule has 0 amide bonds. The van der Waals surface area contributed by atoms with E-state index in [1.807, 2.05) is 55.5 Å². The summed E-state index contributed by atoms with van der Waals surface area (Å²) in [5, 5.41) is 6.61. The van der Waals surface area contributed by atoms with E-state index in [9.17, 15) is 0 Å². The van der Waals surface area contributed by atoms with Gasteiger partial charge in [-0.3, -0.25) is 0 Å². The third-order valence-electron chi connectivity index (χ3n) is 3.92. The topological polar surface area (TPSA) is 59.1 Å². The van der Waals surface area contributed by atoms with Gasteiger partial charge in [-0.05, 0) is 54.8 Å². The molecule has 0 fully saturated rings. The number of para-hydroxylation sites is 1. The van der Waals surface area contributed by atoms with Gasteiger partial charge in [-0.15, -0.1) is 0 Å². The van der Waals surface area contributed by atoms with Crippen LogP contribution in [-0.4, -0.2) is 16.6 Å². The van der Waals surface area contributed by atoms with Crippen LogP contribution >= 0.6 is 0 Å². The Morgan fingerprint density at radius 2 is 1.73 bits per heavy atom. The second kappa shape index (κ2) is 8.34. The van der Waals surface area contributed by atoms with E-state index < -0.39 is 0 Å². The average Bonchev–Trinajstić information content (AvgIpc) is 2.64. The van der Waals surface area contributed by atoms with Crippen molar-refractivity contribution in [3.8, 4) is 5.75 Å². The van der Waals surface area contributed by atoms with Crippen LogP contribution in [0.1, 0.15) is 32.3 Å². The molecule has 1 heterocycles. The van der Waals surface area contributed by atoms with Gasteiger partial charge in [0.05, 0.1) is 6.61 Å². The van der Waals surface area contributed by atoms with Crippen LogP contribution in [-0.2, 0) is 0 Å². The highest BCUT2D eigenvalue weighted by molar-refractivity contribution is 5.62. The number of nitrogens with one attached hydrogen (secondary N) is 2. The Balaban J connectivity index is 1.74. The van der Waals surface area contributed by atoms with Crippen LogP contribution in [0.4, 0.5) is 23.1 Å². The molecule has 0 radical (unpaired) electrons. The van der Waals surface area contributed by atoms with Gasteiger partial charge in [0, 0.05) is 17.6 Å². The monoisotopic (exact) mass is 348 g/mol. The summed E-state index contributed by atoms with van der Waals surface area (Å²) in [6.07, 6.45) is 1.74. The fraction of sp³-hybridized carbons (Fsp3) is 0.238. The molecule has 1 aromatic heterocycles. The van der Waals surface area contributed by atoms with Gasteiger partial charge in [0.1, 0.15) is 11.6 Å². The van der Waals surface area contributed by atoms with Crippen molar-refractivity contribution in [2.24, 2.45) is 0 Å². The third kappa shape index (κ3) is 4.51. The zero-order valence-corrected chi connectivity index (χ0v) is 15.4. The standard InChI is InChI=1S/C21H24N4O/c1-4-26-17-11-9-16(10-12-17)23-20-13-14-22-21(25-20)24-19-8-6-5-7-18(19)15(2)3/h5-15H,4H2,1-3H3,(H2,22,23,24,25). The predicted molar refractivity (Wildman–Crippen MR) is 107 cm³/mol. The summed E-state index contributed by atoms with van der Waals surface area (Å²) in [5.41, 5.74) is 3.21. The Morgan fingerprint density at radius 3 is 2.46 bits per heavy atom. The molecule has 0 atom stereocenters. The molecule has 3 rings (SSSR count). The molecule has 0 aliphatic heterocycles. The van der Waals surface area contributed by atoms with E-state index in [-0.39, 0.29) is 0 Å². The summed E-state index contributed by atoms with van der Waals surface area (Å²) in [6.45, 7) is 6.97. The lowest BCUT2D eigenvalue weighted by Gasteiger charge is -2.14. The van der Waals surface area contributed by atoms with Crippen LogP contribution in [0.3, 0.4) is 0 Å². The molecule has 2 aromatic carbocycles. The summed E-state index contributed by atoms with van der Waals surface area (Å²) >= 11 is 0. The van der Waals surface area contributed by atoms with Crippen LogP contribution < -0.4 is 15.4 Å². The Hall–Kier alpha value is -3.08. The molecule has 5 nitrogen and oxygen atoms in total. The predicted octanol–water partition coefficient (Wildman–Crippen LogP) is 5.49. The van der Waals surface area contributed by atoms with Gasteiger partial charge in [-0.1, -0.05) is 32.0 Å². The molecular weight excluding hydrogens is 324 g/mol. The number of nitrogens with zero attached hydrogens (tertiary/aromatic N) is 2. The van der Waals surface area contributed by atoms with Gasteiger partial charge in [0.2, 0.25) is 5.95 Å². The second-order valence-electron chi connectivity index (χ2n) is 6.21. The Kier molecular flexibility index (Phi) is 5.69. The first-order chi connectivity index (χ1) is 12.7. The first-order valence-corrected chi connectivity index (χ1v) is 8.84. The Labute approximate surface area is 154 Å². The van der Waals surface area contributed by atoms with Gasteiger partial charge in [0.15, 0.2) is 0 Å². The Bertz CT molecular complexity index is 847. The van der Waals surface area contributed by atoms with Gasteiger partial charge in [-0.2, -0.15) is 4.98 Å². The molecule has 0 bridgehead atoms. The lowest BCUT2D eigenvalue weighted by atomic mass is 10.0. The van der Waals surface area contributed by atoms with Crippen molar-refractivity contribution in [1.82, 2.24) is 9.97 Å². The molecule has 0 saturated carbocycles. The van der Waals surface area contributed by atoms with Crippen molar-refractivity contribution in [2.45, 2.75) is 26.7 Å². The minimum Gasteiger partial charge on any atom is -0.494 e. The number of hydrogen-bond donors (Lipinski definition) is 2. The lowest BCUT2D eigenvalue weighted by molar-refractivity contribution is 0.340. The minimum atomic E-state index is 0.420. The van der Waals surface area contributed by atoms with E-state index in [1.165, 1.54) is 5.56 Å². The molecule has 134 valence electrons. The van der Waals surface area contributed by atoms with Gasteiger partial charge >= 0.3 is 0 Å². The molecule has 0 saturated heterocycles. The summed E-state index contributed by atoms with van der Waals surface area (Å²) in [7, 11) is 0. The van der Waals surface area contributed by atoms with Gasteiger partial charge < -0.3 is 15.4 Å². The number of hydrogen-bond acceptors (Lipinski definition) is 5. The first-order valence-electron chi connectivity index (χ1n) is 8.84. The number of benzene rings is 2. The normalized spacial score (nSPS) is 10.6. The summed E-state index contributed by atoms with van der Waals surface area (Å²) < 4.78 is 5.46. The zero-order chi connectivity index (χ0) is 18.4. The van der Waals surface area contributed by atoms with Crippen LogP contribution in [0.2, 0.25) is 0 Å². The van der Waals surface area contributed by atoms with Crippen molar-refractivity contribution in [3.63, 3.8) is 0 Å². The molecule has 0 spiro atoms. The highest BCUT2D eigenvalue weighted by Crippen LogP contribution is 2.26. The average molecular weight is 348 g/mol. The molecule has 0 aliphatic carbocycles. The van der Waals surface area contributed by atoms with Crippen molar-refractivity contribution in [2.75, 3.05) is 17.2 Å². The number of rotatable bonds is 7. The number of anilines is 4. The van der Waals surface area contributed by atoms with E-state index in [4.69, 9.17) is 4.74 Å². The minimum absolute atomic E-state index is 0.420. The van der Waals surface area contributed by atoms with Gasteiger partial charge in [0.25, 0.3) is 0 Å². The van der Waals surface area contributed by atoms with Crippen LogP contribution in [0.25, 0.3) is 0 Å². The summed E-state index contributed by atoms with van der Waals surface area (Å²) in [4.78, 5) is 8.89. The fourth-order valence-corrected chi connectivity index (χ4v) is 2.67. The third-order valence-corrected chi connectivity index (χ3v) is 3.92. The van der Waals surface area contributed by atoms with E-state index in [2.05, 4.69) is 40.5 Å². The molecule has 3 aromatic rings. The first kappa shape index (κ1) is 17.7. The summed E-state index contributed by atoms with van der Waals surface area (Å²) in [5.74, 6) is 2.57. The SMILES string of the molecule is CCOc1ccc(Nc2ccnc(Nc3ccccc3C(C)C)n2)cc1. The highest BCUT2D eigenvalue weighted by Gasteiger charge is 2.07. The van der Waals surface area contributed by atoms with Crippen molar-refractivity contribution in [3.05, 3.63) is 66.4 Å². The number of ether oxygens (including phenoxy) is 1. The van der Waals surface area contributed by atoms with Crippen LogP contribution in [0.5, 0.6) is 5.75 Å². The second-order valence-corrected chi connectivity index (χ2v) is 6.21. The highest BCUT2D eigenvalue weighted by atomic mass is 16.5.